The molecule has 1 unspecified atom stereocenters. The Bertz CT molecular complexity index is 336. The van der Waals surface area contributed by atoms with Crippen LogP contribution in [-0.4, -0.2) is 26.1 Å². The lowest BCUT2D eigenvalue weighted by atomic mass is 9.98. The molecular formula is C12H16F2N2. The van der Waals surface area contributed by atoms with Crippen molar-refractivity contribution in [2.24, 2.45) is 0 Å². The molecule has 2 rings (SSSR count). The smallest absolute Gasteiger partial charge is 0.255 e. The Morgan fingerprint density at radius 2 is 2.31 bits per heavy atom. The second-order valence-electron chi connectivity index (χ2n) is 4.09. The number of anilines is 1. The van der Waals surface area contributed by atoms with Crippen LogP contribution in [0.3, 0.4) is 0 Å². The highest BCUT2D eigenvalue weighted by molar-refractivity contribution is 5.46. The van der Waals surface area contributed by atoms with Crippen molar-refractivity contribution < 1.29 is 8.78 Å². The Kier molecular flexibility index (Phi) is 3.72. The highest BCUT2D eigenvalue weighted by Gasteiger charge is 2.16. The van der Waals surface area contributed by atoms with Gasteiger partial charge in [-0.15, -0.1) is 0 Å². The summed E-state index contributed by atoms with van der Waals surface area (Å²) in [7, 11) is 0. The van der Waals surface area contributed by atoms with Crippen molar-refractivity contribution in [1.82, 2.24) is 5.32 Å². The molecule has 1 aliphatic rings. The van der Waals surface area contributed by atoms with Gasteiger partial charge in [0.25, 0.3) is 6.43 Å². The summed E-state index contributed by atoms with van der Waals surface area (Å²) >= 11 is 0. The van der Waals surface area contributed by atoms with Crippen molar-refractivity contribution in [3.05, 3.63) is 29.8 Å². The molecule has 0 radical (unpaired) electrons. The summed E-state index contributed by atoms with van der Waals surface area (Å²) in [5.74, 6) is 0.522. The van der Waals surface area contributed by atoms with E-state index in [1.807, 2.05) is 18.2 Å². The van der Waals surface area contributed by atoms with E-state index in [1.165, 1.54) is 5.56 Å². The molecule has 88 valence electrons. The molecule has 1 atom stereocenters. The van der Waals surface area contributed by atoms with Gasteiger partial charge in [0.05, 0.1) is 6.54 Å². The first kappa shape index (κ1) is 11.3. The fourth-order valence-corrected chi connectivity index (χ4v) is 2.04. The minimum absolute atomic E-state index is 0.285. The largest absolute Gasteiger partial charge is 0.379 e. The lowest BCUT2D eigenvalue weighted by molar-refractivity contribution is 0.163. The van der Waals surface area contributed by atoms with Crippen molar-refractivity contribution in [1.29, 1.82) is 0 Å². The standard InChI is InChI=1S/C12H16F2N2/c13-12(14)8-16-11-3-1-2-9(6-11)10-4-5-15-7-10/h1-3,6,10,12,15-16H,4-5,7-8H2. The number of rotatable bonds is 4. The summed E-state index contributed by atoms with van der Waals surface area (Å²) in [6, 6.07) is 7.78. The summed E-state index contributed by atoms with van der Waals surface area (Å²) in [5.41, 5.74) is 2.01. The van der Waals surface area contributed by atoms with Gasteiger partial charge in [-0.25, -0.2) is 8.78 Å². The fraction of sp³-hybridized carbons (Fsp3) is 0.500. The summed E-state index contributed by atoms with van der Waals surface area (Å²) in [5, 5.41) is 6.04. The number of nitrogens with one attached hydrogen (secondary N) is 2. The number of alkyl halides is 2. The van der Waals surface area contributed by atoms with Gasteiger partial charge in [0, 0.05) is 12.2 Å². The molecular weight excluding hydrogens is 210 g/mol. The maximum Gasteiger partial charge on any atom is 0.255 e. The zero-order valence-corrected chi connectivity index (χ0v) is 9.05. The van der Waals surface area contributed by atoms with E-state index < -0.39 is 6.43 Å². The van der Waals surface area contributed by atoms with Gasteiger partial charge < -0.3 is 10.6 Å². The molecule has 4 heteroatoms. The Balaban J connectivity index is 2.01. The lowest BCUT2D eigenvalue weighted by Crippen LogP contribution is -2.11. The average molecular weight is 226 g/mol. The van der Waals surface area contributed by atoms with Crippen LogP contribution >= 0.6 is 0 Å². The Labute approximate surface area is 94.0 Å². The molecule has 1 aliphatic heterocycles. The molecule has 2 nitrogen and oxygen atoms in total. The molecule has 0 aromatic heterocycles. The summed E-state index contributed by atoms with van der Waals surface area (Å²) < 4.78 is 24.1. The zero-order chi connectivity index (χ0) is 11.4. The minimum Gasteiger partial charge on any atom is -0.379 e. The van der Waals surface area contributed by atoms with Gasteiger partial charge in [-0.2, -0.15) is 0 Å². The number of benzene rings is 1. The van der Waals surface area contributed by atoms with Crippen LogP contribution in [0.5, 0.6) is 0 Å². The summed E-state index contributed by atoms with van der Waals surface area (Å²) in [6.07, 6.45) is -1.19. The third kappa shape index (κ3) is 2.92. The van der Waals surface area contributed by atoms with Gasteiger partial charge in [-0.1, -0.05) is 12.1 Å². The van der Waals surface area contributed by atoms with Gasteiger partial charge in [0.15, 0.2) is 0 Å². The van der Waals surface area contributed by atoms with Crippen molar-refractivity contribution in [3.63, 3.8) is 0 Å². The molecule has 1 saturated heterocycles. The first-order valence-corrected chi connectivity index (χ1v) is 5.58. The van der Waals surface area contributed by atoms with Crippen LogP contribution in [0.15, 0.2) is 24.3 Å². The maximum atomic E-state index is 12.0. The van der Waals surface area contributed by atoms with Crippen LogP contribution in [0, 0.1) is 0 Å². The van der Waals surface area contributed by atoms with Gasteiger partial charge in [0.1, 0.15) is 0 Å². The third-order valence-corrected chi connectivity index (χ3v) is 2.88. The van der Waals surface area contributed by atoms with Crippen molar-refractivity contribution in [3.8, 4) is 0 Å². The molecule has 2 N–H and O–H groups in total. The van der Waals surface area contributed by atoms with Crippen LogP contribution < -0.4 is 10.6 Å². The molecule has 1 fully saturated rings. The van der Waals surface area contributed by atoms with E-state index in [4.69, 9.17) is 0 Å². The molecule has 1 aromatic carbocycles. The maximum absolute atomic E-state index is 12.0. The Hall–Kier alpha value is -1.16. The van der Waals surface area contributed by atoms with Gasteiger partial charge in [0.2, 0.25) is 0 Å². The lowest BCUT2D eigenvalue weighted by Gasteiger charge is -2.11. The van der Waals surface area contributed by atoms with E-state index in [2.05, 4.69) is 16.7 Å². The third-order valence-electron chi connectivity index (χ3n) is 2.88. The van der Waals surface area contributed by atoms with E-state index in [1.54, 1.807) is 0 Å². The second kappa shape index (κ2) is 5.25. The average Bonchev–Trinajstić information content (AvgIpc) is 2.80. The summed E-state index contributed by atoms with van der Waals surface area (Å²) in [4.78, 5) is 0. The highest BCUT2D eigenvalue weighted by atomic mass is 19.3. The quantitative estimate of drug-likeness (QED) is 0.824. The predicted molar refractivity (Wildman–Crippen MR) is 61.2 cm³/mol. The van der Waals surface area contributed by atoms with Crippen LogP contribution in [-0.2, 0) is 0 Å². The molecule has 1 heterocycles. The zero-order valence-electron chi connectivity index (χ0n) is 9.05. The number of hydrogen-bond donors (Lipinski definition) is 2. The van der Waals surface area contributed by atoms with E-state index in [-0.39, 0.29) is 6.54 Å². The molecule has 0 aliphatic carbocycles. The Morgan fingerprint density at radius 1 is 1.44 bits per heavy atom. The fourth-order valence-electron chi connectivity index (χ4n) is 2.04. The number of hydrogen-bond acceptors (Lipinski definition) is 2. The SMILES string of the molecule is FC(F)CNc1cccc(C2CCNC2)c1. The first-order chi connectivity index (χ1) is 7.75. The molecule has 0 amide bonds. The summed E-state index contributed by atoms with van der Waals surface area (Å²) in [6.45, 7) is 1.74. The molecule has 1 aromatic rings. The van der Waals surface area contributed by atoms with E-state index in [9.17, 15) is 8.78 Å². The second-order valence-corrected chi connectivity index (χ2v) is 4.09. The topological polar surface area (TPSA) is 24.1 Å². The Morgan fingerprint density at radius 3 is 3.00 bits per heavy atom. The van der Waals surface area contributed by atoms with Crippen molar-refractivity contribution >= 4 is 5.69 Å². The van der Waals surface area contributed by atoms with Crippen LogP contribution in [0.25, 0.3) is 0 Å². The molecule has 0 saturated carbocycles. The van der Waals surface area contributed by atoms with Crippen molar-refractivity contribution in [2.45, 2.75) is 18.8 Å². The van der Waals surface area contributed by atoms with Crippen molar-refractivity contribution in [2.75, 3.05) is 25.0 Å². The van der Waals surface area contributed by atoms with Crippen LogP contribution in [0.2, 0.25) is 0 Å². The van der Waals surface area contributed by atoms with Gasteiger partial charge in [-0.05, 0) is 36.6 Å². The van der Waals surface area contributed by atoms with Crippen LogP contribution in [0.1, 0.15) is 17.9 Å². The number of halogens is 2. The predicted octanol–water partition coefficient (Wildman–Crippen LogP) is 2.44. The van der Waals surface area contributed by atoms with E-state index >= 15 is 0 Å². The monoisotopic (exact) mass is 226 g/mol. The van der Waals surface area contributed by atoms with E-state index in [0.29, 0.717) is 5.92 Å². The first-order valence-electron chi connectivity index (χ1n) is 5.58. The molecule has 0 spiro atoms. The van der Waals surface area contributed by atoms with Crippen LogP contribution in [0.4, 0.5) is 14.5 Å². The van der Waals surface area contributed by atoms with E-state index in [0.717, 1.165) is 25.2 Å². The highest BCUT2D eigenvalue weighted by Crippen LogP contribution is 2.24. The minimum atomic E-state index is -2.31. The molecule has 16 heavy (non-hydrogen) atoms. The normalized spacial score (nSPS) is 20.3. The molecule has 0 bridgehead atoms. The van der Waals surface area contributed by atoms with Gasteiger partial charge >= 0.3 is 0 Å². The van der Waals surface area contributed by atoms with Gasteiger partial charge in [-0.3, -0.25) is 0 Å².